The second-order valence-corrected chi connectivity index (χ2v) is 35.7. The number of aliphatic hydroxyl groups is 1. The number of likely N-dealkylation sites (N-methyl/N-ethyl adjacent to an activating group) is 3. The van der Waals surface area contributed by atoms with Gasteiger partial charge < -0.3 is 126 Å². The molecule has 0 bridgehead atoms. The molecular weight excluding hydrogens is 1790 g/mol. The molecule has 3 fully saturated rings. The summed E-state index contributed by atoms with van der Waals surface area (Å²) < 4.78 is 0.807. The first-order chi connectivity index (χ1) is 64.4. The van der Waals surface area contributed by atoms with Crippen LogP contribution in [0.2, 0.25) is 0 Å². The van der Waals surface area contributed by atoms with Crippen LogP contribution in [0.5, 0.6) is 5.75 Å². The van der Waals surface area contributed by atoms with E-state index >= 15 is 33.6 Å². The summed E-state index contributed by atoms with van der Waals surface area (Å²) in [5.41, 5.74) is 24.9. The van der Waals surface area contributed by atoms with Crippen LogP contribution in [0.25, 0.3) is 21.0 Å². The average Bonchev–Trinajstić information content (AvgIpc) is 1.75. The van der Waals surface area contributed by atoms with Crippen molar-refractivity contribution >= 4 is 156 Å². The number of aromatic hydroxyl groups is 1. The molecule has 3 aliphatic heterocycles. The monoisotopic (exact) mass is 1910 g/mol. The predicted molar refractivity (Wildman–Crippen MR) is 496 cm³/mol. The molecule has 730 valence electrons. The number of primary amides is 3. The zero-order valence-corrected chi connectivity index (χ0v) is 77.7. The van der Waals surface area contributed by atoms with Gasteiger partial charge in [0.05, 0.1) is 38.1 Å². The number of nitrogens with two attached hydrogens (primary N) is 4. The van der Waals surface area contributed by atoms with Crippen LogP contribution in [0.15, 0.2) is 96.9 Å². The Hall–Kier alpha value is -13.8. The summed E-state index contributed by atoms with van der Waals surface area (Å²) in [5.74, 6) is -19.2. The van der Waals surface area contributed by atoms with Gasteiger partial charge in [-0.25, -0.2) is 4.98 Å². The number of hydrogen-bond donors (Lipinski definition) is 20. The Balaban J connectivity index is 1.10. The third-order valence-corrected chi connectivity index (χ3v) is 25.9. The van der Waals surface area contributed by atoms with Crippen molar-refractivity contribution < 1.29 is 96.5 Å². The van der Waals surface area contributed by atoms with E-state index in [2.05, 4.69) is 73.4 Å². The minimum atomic E-state index is -1.88. The van der Waals surface area contributed by atoms with Crippen LogP contribution in [0, 0.1) is 5.41 Å². The number of para-hydroxylation sites is 1. The number of phenols is 1. The fourth-order valence-corrected chi connectivity index (χ4v) is 18.2. The molecule has 0 aliphatic carbocycles. The van der Waals surface area contributed by atoms with E-state index in [1.54, 1.807) is 41.9 Å². The number of phenolic OH excluding ortho intramolecular Hbond substituents is 1. The Kier molecular flexibility index (Phi) is 39.1. The van der Waals surface area contributed by atoms with Gasteiger partial charge in [0.2, 0.25) is 106 Å². The maximum atomic E-state index is 15.8. The Morgan fingerprint density at radius 2 is 1.04 bits per heavy atom. The van der Waals surface area contributed by atoms with Crippen molar-refractivity contribution in [2.75, 3.05) is 65.4 Å². The van der Waals surface area contributed by atoms with E-state index in [0.717, 1.165) is 41.0 Å². The number of thiophene rings is 1. The molecule has 0 saturated carbocycles. The van der Waals surface area contributed by atoms with Gasteiger partial charge in [-0.1, -0.05) is 88.1 Å². The average molecular weight is 1910 g/mol. The molecule has 3 aromatic heterocycles. The number of rotatable bonds is 26. The maximum absolute atomic E-state index is 15.8. The van der Waals surface area contributed by atoms with E-state index in [-0.39, 0.29) is 108 Å². The van der Waals surface area contributed by atoms with Gasteiger partial charge in [0.25, 0.3) is 0 Å². The molecule has 3 aromatic carbocycles. The molecule has 18 amide bonds. The molecule has 6 heterocycles. The number of aromatic amines is 2. The summed E-state index contributed by atoms with van der Waals surface area (Å²) in [4.78, 5) is 278. The number of carbonyl (C=O) groups excluding carboxylic acids is 18. The first-order valence-electron chi connectivity index (χ1n) is 44.7. The van der Waals surface area contributed by atoms with Crippen molar-refractivity contribution in [1.29, 1.82) is 5.41 Å². The summed E-state index contributed by atoms with van der Waals surface area (Å²) in [6.07, 6.45) is 2.91. The number of amides is 18. The van der Waals surface area contributed by atoms with Crippen LogP contribution in [-0.4, -0.2) is 312 Å². The third-order valence-electron chi connectivity index (χ3n) is 23.9. The van der Waals surface area contributed by atoms with Crippen LogP contribution in [0.1, 0.15) is 133 Å². The van der Waals surface area contributed by atoms with Gasteiger partial charge in [-0.3, -0.25) is 91.7 Å². The van der Waals surface area contributed by atoms with E-state index in [4.69, 9.17) is 28.3 Å². The highest BCUT2D eigenvalue weighted by atomic mass is 32.2. The lowest BCUT2D eigenvalue weighted by molar-refractivity contribution is -0.149. The number of thioether (sulfide) groups is 1. The van der Waals surface area contributed by atoms with Crippen LogP contribution in [0.3, 0.4) is 0 Å². The number of aromatic nitrogens is 3. The van der Waals surface area contributed by atoms with E-state index in [1.165, 1.54) is 76.2 Å². The van der Waals surface area contributed by atoms with Crippen molar-refractivity contribution in [3.05, 3.63) is 119 Å². The fourth-order valence-electron chi connectivity index (χ4n) is 16.4. The number of nitrogens with one attached hydrogen (secondary N) is 14. The van der Waals surface area contributed by atoms with Gasteiger partial charge in [0.1, 0.15) is 90.3 Å². The molecule has 3 aliphatic rings. The number of unbranched alkanes of at least 4 members (excludes halogenated alkanes) is 2. The van der Waals surface area contributed by atoms with Crippen molar-refractivity contribution in [2.24, 2.45) is 22.9 Å². The Labute approximate surface area is 786 Å². The van der Waals surface area contributed by atoms with Gasteiger partial charge >= 0.3 is 0 Å². The van der Waals surface area contributed by atoms with Gasteiger partial charge in [0, 0.05) is 106 Å². The van der Waals surface area contributed by atoms with Gasteiger partial charge in [-0.05, 0) is 110 Å². The largest absolute Gasteiger partial charge is 0.508 e. The van der Waals surface area contributed by atoms with Crippen LogP contribution < -0.4 is 81.4 Å². The number of H-pyrrole nitrogens is 2. The van der Waals surface area contributed by atoms with Crippen LogP contribution in [0.4, 0.5) is 0 Å². The highest BCUT2D eigenvalue weighted by molar-refractivity contribution is 8.00. The Morgan fingerprint density at radius 3 is 1.64 bits per heavy atom. The van der Waals surface area contributed by atoms with Crippen molar-refractivity contribution in [3.63, 3.8) is 0 Å². The second-order valence-electron chi connectivity index (χ2n) is 33.7. The predicted octanol–water partition coefficient (Wildman–Crippen LogP) is -3.34. The molecule has 44 nitrogen and oxygen atoms in total. The van der Waals surface area contributed by atoms with Gasteiger partial charge in [0.15, 0.2) is 5.96 Å². The Morgan fingerprint density at radius 1 is 0.519 bits per heavy atom. The maximum Gasteiger partial charge on any atom is 0.246 e. The molecular formula is C89H122N24O20S2. The van der Waals surface area contributed by atoms with Crippen LogP contribution in [-0.2, 0) is 112 Å². The fraction of sp³-hybridized carbons (Fsp3) is 0.506. The number of aliphatic hydroxyl groups excluding tert-OH is 1. The highest BCUT2D eigenvalue weighted by Gasteiger charge is 2.46. The SMILES string of the molecule is CCCC[C@H]1C(=O)N(C)[C@@H](CCCC)C(=O)N[C@@H](CCCNC(=N)N)C(=O)NC(C(=O)NCC(N)=O)CSCC(=O)N[C@@H](Cc2ccc(O)cc2)C(=O)N(C)[C@@H](C)C(=O)N[C@@H](CC(N)=O)C(=O)N2CCC[C@H]2C(=O)N[C@@H](Cc2cnc[nH]2)C(=O)N[C@@H](CC(N)=O)C(=O)N2CCC[C@H]2C(=O)N[C@@H](Cc2c[nH]c3ccccc23)C(=O)N[C@@H](CO)C(=O)N[C@@H](Cc2csc3ccccc23)C(=O)N1C. The molecule has 46 heteroatoms. The third kappa shape index (κ3) is 29.4. The summed E-state index contributed by atoms with van der Waals surface area (Å²) >= 11 is 2.10. The zero-order chi connectivity index (χ0) is 98.4. The number of carbonyl (C=O) groups is 18. The minimum Gasteiger partial charge on any atom is -0.508 e. The quantitative estimate of drug-likeness (QED) is 0.0143. The lowest BCUT2D eigenvalue weighted by atomic mass is 10.00. The number of benzene rings is 3. The zero-order valence-electron chi connectivity index (χ0n) is 76.1. The normalized spacial score (nSPS) is 24.1. The molecule has 0 radical (unpaired) electrons. The first-order valence-corrected chi connectivity index (χ1v) is 46.7. The van der Waals surface area contributed by atoms with Crippen molar-refractivity contribution in [2.45, 2.75) is 221 Å². The molecule has 135 heavy (non-hydrogen) atoms. The summed E-state index contributed by atoms with van der Waals surface area (Å²) in [7, 11) is 3.89. The van der Waals surface area contributed by atoms with E-state index in [0.29, 0.717) is 58.7 Å². The van der Waals surface area contributed by atoms with Crippen molar-refractivity contribution in [1.82, 2.24) is 97.9 Å². The number of nitrogens with zero attached hydrogens (tertiary/aromatic N) is 6. The number of guanidine groups is 1. The molecule has 9 rings (SSSR count). The second kappa shape index (κ2) is 50.3. The summed E-state index contributed by atoms with van der Waals surface area (Å²) in [6.45, 7) is 2.77. The molecule has 1 unspecified atom stereocenters. The Bertz CT molecular complexity index is 5270. The number of hydrogen-bond acceptors (Lipinski definition) is 24. The van der Waals surface area contributed by atoms with E-state index in [1.807, 2.05) is 32.0 Å². The highest BCUT2D eigenvalue weighted by Crippen LogP contribution is 2.30. The van der Waals surface area contributed by atoms with Gasteiger partial charge in [-0.15, -0.1) is 23.1 Å². The first kappa shape index (κ1) is 105. The van der Waals surface area contributed by atoms with E-state index < -0.39 is 234 Å². The minimum absolute atomic E-state index is 0.00842. The molecule has 0 spiro atoms. The lowest BCUT2D eigenvalue weighted by Crippen LogP contribution is -2.62. The lowest BCUT2D eigenvalue weighted by Gasteiger charge is -2.36. The number of fused-ring (bicyclic) bond motifs is 4. The topological polar surface area (TPSA) is 669 Å². The number of imidazole rings is 1. The van der Waals surface area contributed by atoms with E-state index in [9.17, 15) is 63.0 Å². The van der Waals surface area contributed by atoms with Crippen molar-refractivity contribution in [3.8, 4) is 5.75 Å². The molecule has 3 saturated heterocycles. The molecule has 14 atom stereocenters. The van der Waals surface area contributed by atoms with Crippen LogP contribution >= 0.6 is 23.1 Å². The summed E-state index contributed by atoms with van der Waals surface area (Å²) in [5, 5.41) is 61.1. The standard InChI is InChI=1S/C89H122N24O20S2/c1-7-9-22-66-81(126)101-57(21-15-31-96-89(93)94)77(122)108-65(76(121)98-42-73(92)118)45-134-46-74(119)100-60(34-49-27-29-53(115)30-28-49)84(129)109(4)48(3)75(120)104-62(38-71(90)116)86(131)112-32-17-25-68(112)83(128)103-59(37-52-41-95-47-99-52)79(124)106-63(39-72(91)117)87(132)113-33-16-24-67(113)82(127)102-58(35-50-40-97-56-20-13-11-18-54(50)56)78(123)107-64(43-114)80(125)105-61(36-51-44-135-70-26-14-12-19-55(51)70)85(130)111(6)69(23-10-8-2)88(133)110(66)5/h11-14,18-20,26-30,40-41,44,47-48,57-69,97,114-115H,7-10,15-17,21-25,31-39,42-43,45-46H2,1-6H3,(H2,90,116)(H2,91,117)(H2,92,118)(H,95,99)(H,98,121)(H,100,119)(H,101,126)(H,102,127)(H,103,128)(H,104,120)(H,105,125)(H,106,124)(H,107,123)(H,108,122)(H4,93,94,96)/t48-,57-,58-,59-,60-,61-,62-,63-,64-,65?,66-,67-,68-,69-/m0/s1. The van der Waals surface area contributed by atoms with Gasteiger partial charge in [-0.2, -0.15) is 0 Å². The molecule has 24 N–H and O–H groups in total. The smallest absolute Gasteiger partial charge is 0.246 e. The summed E-state index contributed by atoms with van der Waals surface area (Å²) in [6, 6.07) is -2.51. The molecule has 6 aromatic rings.